The molecule has 1 unspecified atom stereocenters. The first kappa shape index (κ1) is 40.3. The second-order valence-electron chi connectivity index (χ2n) is 11.7. The van der Waals surface area contributed by atoms with Crippen molar-refractivity contribution in [1.29, 1.82) is 0 Å². The lowest BCUT2D eigenvalue weighted by molar-refractivity contribution is -0.144. The smallest absolute Gasteiger partial charge is 0.341 e. The second-order valence-corrected chi connectivity index (χ2v) is 11.7. The molecule has 9 nitrogen and oxygen atoms in total. The van der Waals surface area contributed by atoms with Gasteiger partial charge in [-0.15, -0.1) is 0 Å². The number of hydrazine groups is 1. The summed E-state index contributed by atoms with van der Waals surface area (Å²) in [6, 6.07) is 15.7. The second kappa shape index (κ2) is 22.7. The lowest BCUT2D eigenvalue weighted by Gasteiger charge is -2.29. The van der Waals surface area contributed by atoms with Gasteiger partial charge in [0.2, 0.25) is 5.91 Å². The number of para-hydroxylation sites is 1. The van der Waals surface area contributed by atoms with Gasteiger partial charge in [0.25, 0.3) is 0 Å². The number of hydrogen-bond donors (Lipinski definition) is 2. The largest absolute Gasteiger partial charge is 0.490 e. The van der Waals surface area contributed by atoms with Gasteiger partial charge in [-0.25, -0.2) is 10.2 Å². The molecule has 1 saturated carbocycles. The molecule has 0 spiro atoms. The molecule has 1 aliphatic rings. The topological polar surface area (TPSA) is 104 Å². The third-order valence-electron chi connectivity index (χ3n) is 8.34. The average Bonchev–Trinajstić information content (AvgIpc) is 3.77. The highest BCUT2D eigenvalue weighted by atomic mass is 16.5. The summed E-state index contributed by atoms with van der Waals surface area (Å²) in [4.78, 5) is 43.8. The molecule has 0 saturated heterocycles. The van der Waals surface area contributed by atoms with Crippen molar-refractivity contribution < 1.29 is 23.9 Å². The van der Waals surface area contributed by atoms with Gasteiger partial charge in [0.05, 0.1) is 13.0 Å². The van der Waals surface area contributed by atoms with Crippen LogP contribution in [0.3, 0.4) is 0 Å². The number of carbonyl (C=O) groups excluding carboxylic acids is 3. The zero-order chi connectivity index (χ0) is 35.3. The normalized spacial score (nSPS) is 13.1. The molecule has 4 rings (SSSR count). The molecule has 9 heteroatoms. The predicted octanol–water partition coefficient (Wildman–Crippen LogP) is 8.47. The number of H-pyrrole nitrogens is 1. The standard InChI is InChI=1S/C35H48N4O5.2C2H6/c1-4-43-34(41)22-26(2)44-30-16-11-15-27(23-30)14-9-10-20-39(36-3)35(42)38(33(40)24-28-12-5-6-13-28)21-19-29-25-37-32-18-8-7-17-31(29)32;2*1-2/h7-8,11,15-18,23,25-26,28,36-37H,4-6,9-10,12-14,19-22,24H2,1-3H3;2*1-2H3. The summed E-state index contributed by atoms with van der Waals surface area (Å²) in [5.74, 6) is 0.729. The van der Waals surface area contributed by atoms with Gasteiger partial charge < -0.3 is 14.5 Å². The summed E-state index contributed by atoms with van der Waals surface area (Å²) in [6.45, 7) is 12.8. The van der Waals surface area contributed by atoms with Crippen LogP contribution in [0, 0.1) is 5.92 Å². The van der Waals surface area contributed by atoms with Gasteiger partial charge in [-0.3, -0.25) is 19.5 Å². The minimum absolute atomic E-state index is 0.0870. The molecule has 1 aliphatic carbocycles. The minimum atomic E-state index is -0.290. The summed E-state index contributed by atoms with van der Waals surface area (Å²) in [5.41, 5.74) is 6.31. The van der Waals surface area contributed by atoms with Gasteiger partial charge in [0.1, 0.15) is 11.9 Å². The fourth-order valence-corrected chi connectivity index (χ4v) is 6.02. The van der Waals surface area contributed by atoms with E-state index in [0.29, 0.717) is 38.5 Å². The van der Waals surface area contributed by atoms with E-state index < -0.39 is 0 Å². The van der Waals surface area contributed by atoms with E-state index in [9.17, 15) is 14.4 Å². The first-order chi connectivity index (χ1) is 23.4. The van der Waals surface area contributed by atoms with E-state index in [1.165, 1.54) is 4.90 Å². The van der Waals surface area contributed by atoms with Crippen LogP contribution in [0.4, 0.5) is 4.79 Å². The van der Waals surface area contributed by atoms with Crippen LogP contribution < -0.4 is 10.2 Å². The zero-order valence-corrected chi connectivity index (χ0v) is 30.5. The Kier molecular flexibility index (Phi) is 19.0. The number of aryl methyl sites for hydroxylation is 1. The van der Waals surface area contributed by atoms with Crippen molar-refractivity contribution in [3.05, 3.63) is 65.9 Å². The van der Waals surface area contributed by atoms with E-state index in [0.717, 1.165) is 72.7 Å². The van der Waals surface area contributed by atoms with Gasteiger partial charge in [-0.05, 0) is 87.6 Å². The summed E-state index contributed by atoms with van der Waals surface area (Å²) < 4.78 is 10.9. The molecule has 48 heavy (non-hydrogen) atoms. The molecular weight excluding hydrogens is 604 g/mol. The number of hydrogen-bond acceptors (Lipinski definition) is 6. The van der Waals surface area contributed by atoms with Crippen LogP contribution in [0.5, 0.6) is 5.75 Å². The number of nitrogens with zero attached hydrogens (tertiary/aromatic N) is 2. The third-order valence-corrected chi connectivity index (χ3v) is 8.34. The van der Waals surface area contributed by atoms with Gasteiger partial charge >= 0.3 is 12.0 Å². The molecule has 3 aromatic rings. The summed E-state index contributed by atoms with van der Waals surface area (Å²) in [6.07, 6.45) is 9.80. The number of unbranched alkanes of at least 4 members (excludes halogenated alkanes) is 1. The van der Waals surface area contributed by atoms with Crippen molar-refractivity contribution in [3.63, 3.8) is 0 Å². The van der Waals surface area contributed by atoms with E-state index in [4.69, 9.17) is 9.47 Å². The van der Waals surface area contributed by atoms with Crippen molar-refractivity contribution in [2.45, 2.75) is 112 Å². The van der Waals surface area contributed by atoms with Crippen LogP contribution in [0.1, 0.15) is 104 Å². The number of aromatic amines is 1. The third kappa shape index (κ3) is 13.0. The zero-order valence-electron chi connectivity index (χ0n) is 30.5. The molecule has 0 bridgehead atoms. The minimum Gasteiger partial charge on any atom is -0.490 e. The van der Waals surface area contributed by atoms with Crippen molar-refractivity contribution in [1.82, 2.24) is 20.3 Å². The number of urea groups is 1. The van der Waals surface area contributed by atoms with Crippen LogP contribution >= 0.6 is 0 Å². The molecule has 3 amide bonds. The highest BCUT2D eigenvalue weighted by molar-refractivity contribution is 5.94. The molecule has 1 fully saturated rings. The number of imide groups is 1. The maximum absolute atomic E-state index is 13.8. The summed E-state index contributed by atoms with van der Waals surface area (Å²) >= 11 is 0. The highest BCUT2D eigenvalue weighted by Gasteiger charge is 2.29. The van der Waals surface area contributed by atoms with Gasteiger partial charge in [-0.2, -0.15) is 0 Å². The van der Waals surface area contributed by atoms with Crippen LogP contribution in [0.2, 0.25) is 0 Å². The molecular formula is C39H60N4O5. The Labute approximate surface area is 288 Å². The summed E-state index contributed by atoms with van der Waals surface area (Å²) in [7, 11) is 1.73. The van der Waals surface area contributed by atoms with E-state index in [1.54, 1.807) is 19.0 Å². The van der Waals surface area contributed by atoms with Gasteiger partial charge in [0, 0.05) is 43.7 Å². The van der Waals surface area contributed by atoms with Crippen molar-refractivity contribution in [2.75, 3.05) is 26.7 Å². The molecule has 2 N–H and O–H groups in total. The monoisotopic (exact) mass is 664 g/mol. The van der Waals surface area contributed by atoms with E-state index in [1.807, 2.05) is 77.2 Å². The highest BCUT2D eigenvalue weighted by Crippen LogP contribution is 2.28. The number of amides is 3. The fourth-order valence-electron chi connectivity index (χ4n) is 6.02. The van der Waals surface area contributed by atoms with Crippen molar-refractivity contribution >= 4 is 28.8 Å². The Morgan fingerprint density at radius 3 is 2.40 bits per heavy atom. The Morgan fingerprint density at radius 2 is 1.69 bits per heavy atom. The first-order valence-electron chi connectivity index (χ1n) is 18.1. The van der Waals surface area contributed by atoms with Gasteiger partial charge in [0.15, 0.2) is 0 Å². The van der Waals surface area contributed by atoms with E-state index in [2.05, 4.69) is 22.5 Å². The number of nitrogens with one attached hydrogen (secondary N) is 2. The van der Waals surface area contributed by atoms with Crippen LogP contribution in [-0.2, 0) is 27.2 Å². The number of rotatable bonds is 16. The molecule has 1 aromatic heterocycles. The molecule has 1 atom stereocenters. The van der Waals surface area contributed by atoms with Crippen LogP contribution in [0.25, 0.3) is 10.9 Å². The Bertz CT molecular complexity index is 1370. The maximum Gasteiger partial charge on any atom is 0.341 e. The SMILES string of the molecule is CC.CC.CCOC(=O)CC(C)Oc1cccc(CCCCN(NC)C(=O)N(CCc2c[nH]c3ccccc23)C(=O)CC2CCCC2)c1. The van der Waals surface area contributed by atoms with Crippen molar-refractivity contribution in [3.8, 4) is 5.75 Å². The molecule has 1 heterocycles. The number of esters is 1. The lowest BCUT2D eigenvalue weighted by Crippen LogP contribution is -2.52. The Morgan fingerprint density at radius 1 is 0.958 bits per heavy atom. The molecule has 0 radical (unpaired) electrons. The number of carbonyl (C=O) groups is 3. The number of aromatic nitrogens is 1. The Hall–Kier alpha value is -3.85. The van der Waals surface area contributed by atoms with Crippen LogP contribution in [0.15, 0.2) is 54.7 Å². The number of benzene rings is 2. The summed E-state index contributed by atoms with van der Waals surface area (Å²) in [5, 5.41) is 2.69. The number of ether oxygens (including phenoxy) is 2. The fraction of sp³-hybridized carbons (Fsp3) is 0.564. The molecule has 266 valence electrons. The quantitative estimate of drug-likeness (QED) is 0.0905. The van der Waals surface area contributed by atoms with E-state index >= 15 is 0 Å². The van der Waals surface area contributed by atoms with Gasteiger partial charge in [-0.1, -0.05) is 70.9 Å². The molecule has 2 aromatic carbocycles. The van der Waals surface area contributed by atoms with E-state index in [-0.39, 0.29) is 30.4 Å². The Balaban J connectivity index is 0.00000193. The van der Waals surface area contributed by atoms with Crippen molar-refractivity contribution in [2.24, 2.45) is 5.92 Å². The average molecular weight is 665 g/mol. The first-order valence-corrected chi connectivity index (χ1v) is 18.1. The number of fused-ring (bicyclic) bond motifs is 1. The molecule has 0 aliphatic heterocycles. The lowest BCUT2D eigenvalue weighted by atomic mass is 10.0. The predicted molar refractivity (Wildman–Crippen MR) is 195 cm³/mol. The van der Waals surface area contributed by atoms with Crippen LogP contribution in [-0.4, -0.2) is 65.6 Å². The maximum atomic E-state index is 13.8.